The lowest BCUT2D eigenvalue weighted by Crippen LogP contribution is -2.02. The van der Waals surface area contributed by atoms with Crippen LogP contribution in [-0.2, 0) is 0 Å². The van der Waals surface area contributed by atoms with Crippen molar-refractivity contribution in [3.05, 3.63) is 162 Å². The monoisotopic (exact) mass is 521 g/mol. The highest BCUT2D eigenvalue weighted by Crippen LogP contribution is 2.36. The fourth-order valence-electron chi connectivity index (χ4n) is 5.77. The van der Waals surface area contributed by atoms with E-state index < -0.39 is 0 Å². The fourth-order valence-corrected chi connectivity index (χ4v) is 5.77. The zero-order valence-electron chi connectivity index (χ0n) is 22.1. The van der Waals surface area contributed by atoms with Gasteiger partial charge in [0.05, 0.1) is 11.0 Å². The van der Waals surface area contributed by atoms with Crippen molar-refractivity contribution in [2.45, 2.75) is 0 Å². The molecule has 190 valence electrons. The Hall–Kier alpha value is -5.72. The molecule has 3 heteroatoms. The highest BCUT2D eigenvalue weighted by Gasteiger charge is 2.16. The van der Waals surface area contributed by atoms with Gasteiger partial charge in [-0.3, -0.25) is 4.57 Å². The fraction of sp³-hybridized carbons (Fsp3) is 0. The maximum atomic E-state index is 4.88. The molecule has 0 spiro atoms. The number of para-hydroxylation sites is 1. The number of nitrogens with zero attached hydrogens (tertiary/aromatic N) is 3. The van der Waals surface area contributed by atoms with Gasteiger partial charge in [0.1, 0.15) is 0 Å². The molecule has 5 aromatic carbocycles. The summed E-state index contributed by atoms with van der Waals surface area (Å²) >= 11 is 0. The summed E-state index contributed by atoms with van der Waals surface area (Å²) in [5, 5.41) is 4.76. The van der Waals surface area contributed by atoms with Crippen molar-refractivity contribution in [1.29, 1.82) is 0 Å². The van der Waals surface area contributed by atoms with Crippen LogP contribution in [-0.4, -0.2) is 14.5 Å². The standard InChI is InChI=1S/C38H23N3/c1-2-10-26(11-3-1)28-13-8-14-29(22-28)30-15-9-16-31(23-30)32-24-39-38(40-25-32)41-36-19-7-6-18-34(36)35-21-20-27-12-4-5-17-33(27)37(35)41/h1-8,10-15,17-25H. The van der Waals surface area contributed by atoms with Crippen molar-refractivity contribution < 1.29 is 0 Å². The highest BCUT2D eigenvalue weighted by atomic mass is 15.1. The van der Waals surface area contributed by atoms with E-state index in [0.717, 1.165) is 33.3 Å². The minimum Gasteiger partial charge on any atom is -0.277 e. The SMILES string of the molecule is C1=C=C(c2cnc(-n3c4ccccc4c4ccc5ccccc5c43)nc2)C=C(c2cccc(-c3ccccc3)c2)C=1. The van der Waals surface area contributed by atoms with Crippen molar-refractivity contribution in [1.82, 2.24) is 14.5 Å². The summed E-state index contributed by atoms with van der Waals surface area (Å²) in [6, 6.07) is 40.4. The lowest BCUT2D eigenvalue weighted by molar-refractivity contribution is 0.986. The second-order valence-corrected chi connectivity index (χ2v) is 10.2. The molecule has 0 bridgehead atoms. The van der Waals surface area contributed by atoms with Crippen molar-refractivity contribution in [3.8, 4) is 17.1 Å². The Morgan fingerprint density at radius 1 is 0.561 bits per heavy atom. The van der Waals surface area contributed by atoms with Gasteiger partial charge in [0, 0.05) is 39.7 Å². The summed E-state index contributed by atoms with van der Waals surface area (Å²) in [6.07, 6.45) is 7.88. The second-order valence-electron chi connectivity index (χ2n) is 10.2. The van der Waals surface area contributed by atoms with Crippen molar-refractivity contribution in [3.63, 3.8) is 0 Å². The summed E-state index contributed by atoms with van der Waals surface area (Å²) in [5.41, 5.74) is 15.1. The van der Waals surface area contributed by atoms with Gasteiger partial charge in [-0.05, 0) is 51.9 Å². The first-order chi connectivity index (χ1) is 20.3. The second kappa shape index (κ2) is 9.48. The van der Waals surface area contributed by atoms with Crippen LogP contribution in [0.25, 0.3) is 60.8 Å². The molecule has 0 amide bonds. The van der Waals surface area contributed by atoms with Crippen LogP contribution in [0.4, 0.5) is 0 Å². The van der Waals surface area contributed by atoms with E-state index in [1.807, 2.05) is 24.5 Å². The summed E-state index contributed by atoms with van der Waals surface area (Å²) in [4.78, 5) is 9.76. The third-order valence-corrected chi connectivity index (χ3v) is 7.75. The van der Waals surface area contributed by atoms with Gasteiger partial charge in [0.2, 0.25) is 5.95 Å². The van der Waals surface area contributed by atoms with Gasteiger partial charge in [-0.1, -0.05) is 115 Å². The first-order valence-electron chi connectivity index (χ1n) is 13.7. The summed E-state index contributed by atoms with van der Waals surface area (Å²) in [6.45, 7) is 0. The quantitative estimate of drug-likeness (QED) is 0.216. The van der Waals surface area contributed by atoms with E-state index in [-0.39, 0.29) is 0 Å². The van der Waals surface area contributed by atoms with E-state index in [4.69, 9.17) is 9.97 Å². The molecule has 41 heavy (non-hydrogen) atoms. The van der Waals surface area contributed by atoms with Crippen molar-refractivity contribution in [2.24, 2.45) is 0 Å². The van der Waals surface area contributed by atoms with E-state index in [9.17, 15) is 0 Å². The maximum Gasteiger partial charge on any atom is 0.234 e. The van der Waals surface area contributed by atoms with Crippen molar-refractivity contribution in [2.75, 3.05) is 0 Å². The molecule has 0 saturated carbocycles. The van der Waals surface area contributed by atoms with E-state index in [2.05, 4.69) is 131 Å². The summed E-state index contributed by atoms with van der Waals surface area (Å²) in [7, 11) is 0. The molecule has 7 aromatic rings. The van der Waals surface area contributed by atoms with E-state index in [1.165, 1.54) is 32.7 Å². The van der Waals surface area contributed by atoms with Crippen LogP contribution in [0, 0.1) is 0 Å². The first kappa shape index (κ1) is 23.2. The van der Waals surface area contributed by atoms with Crippen LogP contribution in [0.1, 0.15) is 11.1 Å². The molecule has 0 aliphatic heterocycles. The summed E-state index contributed by atoms with van der Waals surface area (Å²) in [5.74, 6) is 0.645. The minimum atomic E-state index is 0.645. The van der Waals surface area contributed by atoms with Gasteiger partial charge >= 0.3 is 0 Å². The lowest BCUT2D eigenvalue weighted by atomic mass is 9.95. The van der Waals surface area contributed by atoms with Crippen molar-refractivity contribution >= 4 is 43.7 Å². The Kier molecular flexibility index (Phi) is 5.36. The Balaban J connectivity index is 1.20. The minimum absolute atomic E-state index is 0.645. The molecule has 0 N–H and O–H groups in total. The number of rotatable bonds is 4. The number of fused-ring (bicyclic) bond motifs is 5. The van der Waals surface area contributed by atoms with E-state index in [1.54, 1.807) is 0 Å². The molecule has 0 unspecified atom stereocenters. The molecule has 2 aromatic heterocycles. The molecular formula is C38H23N3. The Bertz CT molecular complexity index is 2260. The molecule has 0 fully saturated rings. The largest absolute Gasteiger partial charge is 0.277 e. The third-order valence-electron chi connectivity index (χ3n) is 7.75. The van der Waals surface area contributed by atoms with Gasteiger partial charge in [0.15, 0.2) is 0 Å². The topological polar surface area (TPSA) is 30.7 Å². The van der Waals surface area contributed by atoms with Crippen LogP contribution >= 0.6 is 0 Å². The molecule has 1 aliphatic rings. The molecule has 3 nitrogen and oxygen atoms in total. The Morgan fingerprint density at radius 3 is 2.17 bits per heavy atom. The Labute approximate surface area is 237 Å². The first-order valence-corrected chi connectivity index (χ1v) is 13.7. The molecule has 0 saturated heterocycles. The summed E-state index contributed by atoms with van der Waals surface area (Å²) < 4.78 is 2.18. The zero-order chi connectivity index (χ0) is 27.2. The van der Waals surface area contributed by atoms with E-state index >= 15 is 0 Å². The van der Waals surface area contributed by atoms with Crippen LogP contribution < -0.4 is 0 Å². The average Bonchev–Trinajstić information content (AvgIpc) is 3.40. The molecule has 1 aliphatic carbocycles. The normalized spacial score (nSPS) is 12.7. The number of hydrogen-bond donors (Lipinski definition) is 0. The predicted octanol–water partition coefficient (Wildman–Crippen LogP) is 9.18. The molecule has 0 radical (unpaired) electrons. The third kappa shape index (κ3) is 3.93. The number of hydrogen-bond acceptors (Lipinski definition) is 2. The van der Waals surface area contributed by atoms with Gasteiger partial charge in [-0.15, -0.1) is 0 Å². The van der Waals surface area contributed by atoms with Gasteiger partial charge < -0.3 is 0 Å². The van der Waals surface area contributed by atoms with Crippen LogP contribution in [0.15, 0.2) is 151 Å². The molecule has 0 atom stereocenters. The molecular weight excluding hydrogens is 498 g/mol. The van der Waals surface area contributed by atoms with Crippen LogP contribution in [0.2, 0.25) is 0 Å². The average molecular weight is 522 g/mol. The highest BCUT2D eigenvalue weighted by molar-refractivity contribution is 6.18. The zero-order valence-corrected chi connectivity index (χ0v) is 22.1. The number of allylic oxidation sites excluding steroid dienone is 4. The van der Waals surface area contributed by atoms with Gasteiger partial charge in [0.25, 0.3) is 0 Å². The maximum absolute atomic E-state index is 4.88. The molecule has 2 heterocycles. The number of benzene rings is 5. The van der Waals surface area contributed by atoms with Crippen LogP contribution in [0.3, 0.4) is 0 Å². The van der Waals surface area contributed by atoms with Gasteiger partial charge in [-0.25, -0.2) is 9.97 Å². The van der Waals surface area contributed by atoms with Gasteiger partial charge in [-0.2, -0.15) is 0 Å². The molecule has 8 rings (SSSR count). The smallest absolute Gasteiger partial charge is 0.234 e. The van der Waals surface area contributed by atoms with Crippen LogP contribution in [0.5, 0.6) is 0 Å². The number of aromatic nitrogens is 3. The predicted molar refractivity (Wildman–Crippen MR) is 169 cm³/mol. The van der Waals surface area contributed by atoms with E-state index in [0.29, 0.717) is 5.95 Å². The Morgan fingerprint density at radius 2 is 1.29 bits per heavy atom. The lowest BCUT2D eigenvalue weighted by Gasteiger charge is -2.10.